The van der Waals surface area contributed by atoms with Crippen molar-refractivity contribution in [3.05, 3.63) is 59.7 Å². The molecule has 0 fully saturated rings. The monoisotopic (exact) mass is 266 g/mol. The van der Waals surface area contributed by atoms with Gasteiger partial charge in [0.15, 0.2) is 0 Å². The quantitative estimate of drug-likeness (QED) is 0.696. The summed E-state index contributed by atoms with van der Waals surface area (Å²) in [6, 6.07) is 11.2. The van der Waals surface area contributed by atoms with Gasteiger partial charge in [0.05, 0.1) is 0 Å². The second-order valence-corrected chi connectivity index (χ2v) is 4.61. The number of benzene rings is 2. The van der Waals surface area contributed by atoms with Crippen LogP contribution >= 0.6 is 11.8 Å². The van der Waals surface area contributed by atoms with Crippen molar-refractivity contribution in [3.8, 4) is 0 Å². The molecule has 0 aliphatic heterocycles. The number of hydrogen-bond donors (Lipinski definition) is 0. The summed E-state index contributed by atoms with van der Waals surface area (Å²) >= 11 is 1.41. The van der Waals surface area contributed by atoms with Gasteiger partial charge in [-0.1, -0.05) is 31.7 Å². The summed E-state index contributed by atoms with van der Waals surface area (Å²) in [4.78, 5) is 1.71. The molecule has 0 bridgehead atoms. The average molecular weight is 266 g/mol. The first-order valence-electron chi connectivity index (χ1n) is 5.85. The van der Waals surface area contributed by atoms with Gasteiger partial charge in [-0.25, -0.2) is 8.78 Å². The van der Waals surface area contributed by atoms with Crippen molar-refractivity contribution in [3.63, 3.8) is 0 Å². The minimum absolute atomic E-state index is 0.216. The molecule has 0 radical (unpaired) electrons. The van der Waals surface area contributed by atoms with Crippen molar-refractivity contribution >= 4 is 11.8 Å². The molecule has 96 valence electrons. The zero-order valence-corrected chi connectivity index (χ0v) is 11.5. The SMILES string of the molecule is CC.Cc1ccc(Sc2ccc(F)cc2)cc1F. The Morgan fingerprint density at radius 1 is 0.833 bits per heavy atom. The smallest absolute Gasteiger partial charge is 0.127 e. The Kier molecular flexibility index (Phi) is 5.86. The molecule has 2 aromatic carbocycles. The molecule has 0 N–H and O–H groups in total. The molecular weight excluding hydrogens is 250 g/mol. The summed E-state index contributed by atoms with van der Waals surface area (Å²) in [5.74, 6) is -0.480. The Morgan fingerprint density at radius 3 is 1.94 bits per heavy atom. The molecule has 0 atom stereocenters. The summed E-state index contributed by atoms with van der Waals surface area (Å²) in [5.41, 5.74) is 0.628. The number of hydrogen-bond acceptors (Lipinski definition) is 1. The molecule has 0 aromatic heterocycles. The zero-order valence-electron chi connectivity index (χ0n) is 10.7. The number of halogens is 2. The summed E-state index contributed by atoms with van der Waals surface area (Å²) in [6.45, 7) is 5.72. The van der Waals surface area contributed by atoms with Crippen LogP contribution in [0, 0.1) is 18.6 Å². The van der Waals surface area contributed by atoms with Gasteiger partial charge in [0.25, 0.3) is 0 Å². The van der Waals surface area contributed by atoms with Crippen molar-refractivity contribution in [2.45, 2.75) is 30.6 Å². The van der Waals surface area contributed by atoms with E-state index in [0.717, 1.165) is 9.79 Å². The third-order valence-corrected chi connectivity index (χ3v) is 3.19. The van der Waals surface area contributed by atoms with Gasteiger partial charge >= 0.3 is 0 Å². The van der Waals surface area contributed by atoms with Gasteiger partial charge in [-0.15, -0.1) is 0 Å². The fourth-order valence-corrected chi connectivity index (χ4v) is 2.12. The van der Waals surface area contributed by atoms with E-state index < -0.39 is 0 Å². The van der Waals surface area contributed by atoms with Crippen LogP contribution in [0.3, 0.4) is 0 Å². The average Bonchev–Trinajstić information content (AvgIpc) is 2.39. The minimum Gasteiger partial charge on any atom is -0.207 e. The van der Waals surface area contributed by atoms with Crippen molar-refractivity contribution < 1.29 is 8.78 Å². The van der Waals surface area contributed by atoms with Crippen LogP contribution in [-0.2, 0) is 0 Å². The Morgan fingerprint density at radius 2 is 1.39 bits per heavy atom. The van der Waals surface area contributed by atoms with Gasteiger partial charge in [-0.2, -0.15) is 0 Å². The predicted octanol–water partition coefficient (Wildman–Crippen LogP) is 5.45. The van der Waals surface area contributed by atoms with Crippen molar-refractivity contribution in [1.29, 1.82) is 0 Å². The van der Waals surface area contributed by atoms with E-state index in [-0.39, 0.29) is 11.6 Å². The van der Waals surface area contributed by atoms with E-state index in [1.54, 1.807) is 25.1 Å². The molecule has 2 aromatic rings. The molecule has 0 saturated heterocycles. The second kappa shape index (κ2) is 7.17. The Labute approximate surface area is 111 Å². The van der Waals surface area contributed by atoms with E-state index in [0.29, 0.717) is 5.56 Å². The van der Waals surface area contributed by atoms with E-state index in [1.165, 1.54) is 30.0 Å². The topological polar surface area (TPSA) is 0 Å². The van der Waals surface area contributed by atoms with E-state index >= 15 is 0 Å². The minimum atomic E-state index is -0.264. The molecule has 2 rings (SSSR count). The van der Waals surface area contributed by atoms with Gasteiger partial charge in [0, 0.05) is 9.79 Å². The first-order chi connectivity index (χ1) is 8.65. The first-order valence-corrected chi connectivity index (χ1v) is 6.66. The largest absolute Gasteiger partial charge is 0.207 e. The summed E-state index contributed by atoms with van der Waals surface area (Å²) in [5, 5.41) is 0. The molecule has 0 spiro atoms. The van der Waals surface area contributed by atoms with E-state index in [1.807, 2.05) is 19.9 Å². The zero-order chi connectivity index (χ0) is 13.5. The highest BCUT2D eigenvalue weighted by molar-refractivity contribution is 7.99. The molecule has 0 saturated carbocycles. The third kappa shape index (κ3) is 4.15. The van der Waals surface area contributed by atoms with Gasteiger partial charge < -0.3 is 0 Å². The van der Waals surface area contributed by atoms with Crippen LogP contribution in [0.5, 0.6) is 0 Å². The third-order valence-electron chi connectivity index (χ3n) is 2.19. The maximum Gasteiger partial charge on any atom is 0.127 e. The first kappa shape index (κ1) is 14.7. The van der Waals surface area contributed by atoms with E-state index in [2.05, 4.69) is 0 Å². The van der Waals surface area contributed by atoms with E-state index in [9.17, 15) is 8.78 Å². The molecule has 0 amide bonds. The highest BCUT2D eigenvalue weighted by Crippen LogP contribution is 2.28. The molecule has 0 aliphatic rings. The lowest BCUT2D eigenvalue weighted by Gasteiger charge is -2.03. The Balaban J connectivity index is 0.000000771. The van der Waals surface area contributed by atoms with Crippen LogP contribution < -0.4 is 0 Å². The Bertz CT molecular complexity index is 492. The van der Waals surface area contributed by atoms with Crippen molar-refractivity contribution in [2.75, 3.05) is 0 Å². The molecule has 0 aliphatic carbocycles. The molecule has 0 unspecified atom stereocenters. The molecule has 18 heavy (non-hydrogen) atoms. The van der Waals surface area contributed by atoms with Crippen LogP contribution in [-0.4, -0.2) is 0 Å². The summed E-state index contributed by atoms with van der Waals surface area (Å²) in [7, 11) is 0. The second-order valence-electron chi connectivity index (χ2n) is 3.47. The van der Waals surface area contributed by atoms with Crippen LogP contribution in [0.2, 0.25) is 0 Å². The fraction of sp³-hybridized carbons (Fsp3) is 0.200. The van der Waals surface area contributed by atoms with Crippen LogP contribution in [0.1, 0.15) is 19.4 Å². The van der Waals surface area contributed by atoms with Gasteiger partial charge in [0.1, 0.15) is 11.6 Å². The van der Waals surface area contributed by atoms with Crippen molar-refractivity contribution in [2.24, 2.45) is 0 Å². The van der Waals surface area contributed by atoms with Crippen LogP contribution in [0.15, 0.2) is 52.3 Å². The maximum absolute atomic E-state index is 13.3. The van der Waals surface area contributed by atoms with Crippen molar-refractivity contribution in [1.82, 2.24) is 0 Å². The summed E-state index contributed by atoms with van der Waals surface area (Å²) < 4.78 is 25.9. The lowest BCUT2D eigenvalue weighted by Crippen LogP contribution is -1.82. The maximum atomic E-state index is 13.3. The lowest BCUT2D eigenvalue weighted by atomic mass is 10.2. The fourth-order valence-electron chi connectivity index (χ4n) is 1.28. The van der Waals surface area contributed by atoms with Gasteiger partial charge in [-0.3, -0.25) is 0 Å². The molecular formula is C15H16F2S. The predicted molar refractivity (Wildman–Crippen MR) is 73.0 cm³/mol. The normalized spacial score (nSPS) is 9.61. The highest BCUT2D eigenvalue weighted by atomic mass is 32.2. The number of rotatable bonds is 2. The standard InChI is InChI=1S/C13H10F2S.C2H6/c1-9-2-5-12(8-13(9)15)16-11-6-3-10(14)4-7-11;1-2/h2-8H,1H3;1-2H3. The molecule has 0 heterocycles. The molecule has 0 nitrogen and oxygen atoms in total. The lowest BCUT2D eigenvalue weighted by molar-refractivity contribution is 0.615. The Hall–Kier alpha value is -1.35. The number of aryl methyl sites for hydroxylation is 1. The highest BCUT2D eigenvalue weighted by Gasteiger charge is 2.01. The summed E-state index contributed by atoms with van der Waals surface area (Å²) in [6.07, 6.45) is 0. The van der Waals surface area contributed by atoms with Gasteiger partial charge in [-0.05, 0) is 48.9 Å². The van der Waals surface area contributed by atoms with Gasteiger partial charge in [0.2, 0.25) is 0 Å². The van der Waals surface area contributed by atoms with Crippen LogP contribution in [0.4, 0.5) is 8.78 Å². The van der Waals surface area contributed by atoms with E-state index in [4.69, 9.17) is 0 Å². The van der Waals surface area contributed by atoms with Crippen LogP contribution in [0.25, 0.3) is 0 Å². The molecule has 3 heteroatoms.